The molecule has 16 heavy (non-hydrogen) atoms. The molecule has 0 spiro atoms. The molecule has 0 radical (unpaired) electrons. The minimum absolute atomic E-state index is 0.00586. The van der Waals surface area contributed by atoms with Gasteiger partial charge in [0, 0.05) is 0 Å². The number of ether oxygens (including phenoxy) is 1. The molecule has 0 saturated carbocycles. The third-order valence-electron chi connectivity index (χ3n) is 2.50. The quantitative estimate of drug-likeness (QED) is 0.793. The lowest BCUT2D eigenvalue weighted by atomic mass is 10.00. The first-order valence-electron chi connectivity index (χ1n) is 5.37. The molecule has 1 rings (SSSR count). The van der Waals surface area contributed by atoms with E-state index in [1.165, 1.54) is 10.9 Å². The second-order valence-electron chi connectivity index (χ2n) is 3.64. The van der Waals surface area contributed by atoms with Crippen LogP contribution in [-0.2, 0) is 4.79 Å². The molecular weight excluding hydrogens is 210 g/mol. The second kappa shape index (κ2) is 5.48. The first-order chi connectivity index (χ1) is 7.60. The van der Waals surface area contributed by atoms with Crippen molar-refractivity contribution in [2.24, 2.45) is 5.92 Å². The van der Waals surface area contributed by atoms with Gasteiger partial charge in [-0.25, -0.2) is 9.48 Å². The molecule has 6 nitrogen and oxygen atoms in total. The molecule has 1 aromatic heterocycles. The maximum atomic E-state index is 11.1. The molecule has 1 aromatic rings. The van der Waals surface area contributed by atoms with E-state index in [1.807, 2.05) is 20.8 Å². The SMILES string of the molecule is CCOc1cn([C@H](C(=O)O)[C@@H](C)CC)nn1. The van der Waals surface area contributed by atoms with Gasteiger partial charge in [-0.3, -0.25) is 0 Å². The number of nitrogens with zero attached hydrogens (tertiary/aromatic N) is 3. The van der Waals surface area contributed by atoms with Gasteiger partial charge in [-0.05, 0) is 12.8 Å². The summed E-state index contributed by atoms with van der Waals surface area (Å²) in [5.41, 5.74) is 0. The highest BCUT2D eigenvalue weighted by Gasteiger charge is 2.26. The van der Waals surface area contributed by atoms with E-state index >= 15 is 0 Å². The van der Waals surface area contributed by atoms with Gasteiger partial charge in [0.1, 0.15) is 0 Å². The molecule has 2 atom stereocenters. The molecule has 0 aliphatic carbocycles. The Kier molecular flexibility index (Phi) is 4.28. The number of carboxylic acids is 1. The summed E-state index contributed by atoms with van der Waals surface area (Å²) >= 11 is 0. The highest BCUT2D eigenvalue weighted by Crippen LogP contribution is 2.21. The molecule has 90 valence electrons. The normalized spacial score (nSPS) is 14.4. The monoisotopic (exact) mass is 227 g/mol. The summed E-state index contributed by atoms with van der Waals surface area (Å²) in [4.78, 5) is 11.1. The Balaban J connectivity index is 2.88. The fraction of sp³-hybridized carbons (Fsp3) is 0.700. The molecule has 6 heteroatoms. The Labute approximate surface area is 94.2 Å². The van der Waals surface area contributed by atoms with Crippen LogP contribution in [0.1, 0.15) is 33.2 Å². The lowest BCUT2D eigenvalue weighted by molar-refractivity contribution is -0.143. The van der Waals surface area contributed by atoms with E-state index in [0.717, 1.165) is 6.42 Å². The van der Waals surface area contributed by atoms with E-state index < -0.39 is 12.0 Å². The first-order valence-corrected chi connectivity index (χ1v) is 5.37. The van der Waals surface area contributed by atoms with Crippen LogP contribution in [0.3, 0.4) is 0 Å². The van der Waals surface area contributed by atoms with Crippen LogP contribution in [-0.4, -0.2) is 32.7 Å². The van der Waals surface area contributed by atoms with Gasteiger partial charge >= 0.3 is 5.97 Å². The largest absolute Gasteiger partial charge is 0.480 e. The van der Waals surface area contributed by atoms with Gasteiger partial charge in [0.05, 0.1) is 12.8 Å². The average molecular weight is 227 g/mol. The maximum Gasteiger partial charge on any atom is 0.328 e. The summed E-state index contributed by atoms with van der Waals surface area (Å²) in [5.74, 6) is -0.548. The van der Waals surface area contributed by atoms with Crippen molar-refractivity contribution in [2.75, 3.05) is 6.61 Å². The van der Waals surface area contributed by atoms with E-state index in [0.29, 0.717) is 12.5 Å². The summed E-state index contributed by atoms with van der Waals surface area (Å²) in [6.45, 7) is 6.14. The van der Waals surface area contributed by atoms with E-state index in [1.54, 1.807) is 0 Å². The van der Waals surface area contributed by atoms with Gasteiger partial charge in [0.15, 0.2) is 6.04 Å². The van der Waals surface area contributed by atoms with Crippen LogP contribution >= 0.6 is 0 Å². The number of hydrogen-bond acceptors (Lipinski definition) is 4. The molecule has 1 N–H and O–H groups in total. The number of rotatable bonds is 6. The number of carboxylic acid groups (broad SMARTS) is 1. The molecule has 1 heterocycles. The van der Waals surface area contributed by atoms with Crippen LogP contribution < -0.4 is 4.74 Å². The zero-order valence-corrected chi connectivity index (χ0v) is 9.75. The predicted molar refractivity (Wildman–Crippen MR) is 57.3 cm³/mol. The molecule has 0 unspecified atom stereocenters. The summed E-state index contributed by atoms with van der Waals surface area (Å²) < 4.78 is 6.49. The fourth-order valence-corrected chi connectivity index (χ4v) is 1.45. The topological polar surface area (TPSA) is 77.2 Å². The van der Waals surface area contributed by atoms with Crippen molar-refractivity contribution in [1.82, 2.24) is 15.0 Å². The molecule has 0 aliphatic rings. The molecule has 0 amide bonds. The number of aromatic nitrogens is 3. The van der Waals surface area contributed by atoms with Crippen molar-refractivity contribution >= 4 is 5.97 Å². The van der Waals surface area contributed by atoms with Crippen molar-refractivity contribution in [3.8, 4) is 5.88 Å². The van der Waals surface area contributed by atoms with E-state index in [9.17, 15) is 4.79 Å². The van der Waals surface area contributed by atoms with Gasteiger partial charge in [0.2, 0.25) is 0 Å². The summed E-state index contributed by atoms with van der Waals surface area (Å²) in [5, 5.41) is 16.7. The van der Waals surface area contributed by atoms with Crippen molar-refractivity contribution < 1.29 is 14.6 Å². The average Bonchev–Trinajstić information content (AvgIpc) is 2.66. The Morgan fingerprint density at radius 1 is 1.62 bits per heavy atom. The van der Waals surface area contributed by atoms with Crippen LogP contribution in [0.4, 0.5) is 0 Å². The third-order valence-corrected chi connectivity index (χ3v) is 2.50. The van der Waals surface area contributed by atoms with Crippen LogP contribution in [0.15, 0.2) is 6.20 Å². The van der Waals surface area contributed by atoms with Gasteiger partial charge < -0.3 is 9.84 Å². The molecule has 0 aromatic carbocycles. The van der Waals surface area contributed by atoms with Crippen LogP contribution in [0.5, 0.6) is 5.88 Å². The molecule has 0 saturated heterocycles. The minimum atomic E-state index is -0.901. The Morgan fingerprint density at radius 3 is 2.81 bits per heavy atom. The Hall–Kier alpha value is -1.59. The van der Waals surface area contributed by atoms with Crippen molar-refractivity contribution in [3.05, 3.63) is 6.20 Å². The Morgan fingerprint density at radius 2 is 2.31 bits per heavy atom. The van der Waals surface area contributed by atoms with Gasteiger partial charge in [0.25, 0.3) is 5.88 Å². The summed E-state index contributed by atoms with van der Waals surface area (Å²) in [7, 11) is 0. The van der Waals surface area contributed by atoms with Crippen molar-refractivity contribution in [3.63, 3.8) is 0 Å². The zero-order valence-electron chi connectivity index (χ0n) is 9.75. The van der Waals surface area contributed by atoms with Crippen LogP contribution in [0, 0.1) is 5.92 Å². The van der Waals surface area contributed by atoms with Gasteiger partial charge in [-0.15, -0.1) is 0 Å². The minimum Gasteiger partial charge on any atom is -0.480 e. The highest BCUT2D eigenvalue weighted by molar-refractivity contribution is 5.72. The van der Waals surface area contributed by atoms with Gasteiger partial charge in [-0.2, -0.15) is 0 Å². The van der Waals surface area contributed by atoms with Crippen LogP contribution in [0.2, 0.25) is 0 Å². The number of carbonyl (C=O) groups is 1. The lowest BCUT2D eigenvalue weighted by Gasteiger charge is -2.17. The van der Waals surface area contributed by atoms with Crippen LogP contribution in [0.25, 0.3) is 0 Å². The van der Waals surface area contributed by atoms with E-state index in [4.69, 9.17) is 9.84 Å². The van der Waals surface area contributed by atoms with Crippen molar-refractivity contribution in [2.45, 2.75) is 33.2 Å². The first kappa shape index (κ1) is 12.5. The molecule has 0 aliphatic heterocycles. The maximum absolute atomic E-state index is 11.1. The number of aliphatic carboxylic acids is 1. The standard InChI is InChI=1S/C10H17N3O3/c1-4-7(3)9(10(14)15)13-6-8(11-12-13)16-5-2/h6-7,9H,4-5H2,1-3H3,(H,14,15)/t7-,9-/m0/s1. The van der Waals surface area contributed by atoms with E-state index in [-0.39, 0.29) is 5.92 Å². The van der Waals surface area contributed by atoms with E-state index in [2.05, 4.69) is 10.3 Å². The van der Waals surface area contributed by atoms with Crippen molar-refractivity contribution in [1.29, 1.82) is 0 Å². The molecule has 0 bridgehead atoms. The zero-order chi connectivity index (χ0) is 12.1. The second-order valence-corrected chi connectivity index (χ2v) is 3.64. The Bertz CT molecular complexity index is 351. The third kappa shape index (κ3) is 2.71. The molecule has 0 fully saturated rings. The highest BCUT2D eigenvalue weighted by atomic mass is 16.5. The predicted octanol–water partition coefficient (Wildman–Crippen LogP) is 1.35. The summed E-state index contributed by atoms with van der Waals surface area (Å²) in [6, 6.07) is -0.688. The smallest absolute Gasteiger partial charge is 0.328 e. The summed E-state index contributed by atoms with van der Waals surface area (Å²) in [6.07, 6.45) is 2.29. The fourth-order valence-electron chi connectivity index (χ4n) is 1.45. The lowest BCUT2D eigenvalue weighted by Crippen LogP contribution is -2.25. The molecular formula is C10H17N3O3. The number of hydrogen-bond donors (Lipinski definition) is 1. The van der Waals surface area contributed by atoms with Gasteiger partial charge in [-0.1, -0.05) is 30.6 Å².